The highest BCUT2D eigenvalue weighted by molar-refractivity contribution is 5.83. The molecule has 0 amide bonds. The van der Waals surface area contributed by atoms with Gasteiger partial charge in [0.25, 0.3) is 0 Å². The van der Waals surface area contributed by atoms with Gasteiger partial charge in [-0.05, 0) is 53.3 Å². The van der Waals surface area contributed by atoms with E-state index in [2.05, 4.69) is 18.2 Å². The van der Waals surface area contributed by atoms with E-state index in [1.807, 2.05) is 18.2 Å². The van der Waals surface area contributed by atoms with Crippen LogP contribution in [0.25, 0.3) is 10.8 Å². The molecule has 0 aromatic heterocycles. The predicted molar refractivity (Wildman–Crippen MR) is 89.1 cm³/mol. The van der Waals surface area contributed by atoms with Crippen molar-refractivity contribution in [2.24, 2.45) is 0 Å². The van der Waals surface area contributed by atoms with Crippen LogP contribution in [0.3, 0.4) is 0 Å². The topological polar surface area (TPSA) is 47.9 Å². The molecular formula is C19H24O4. The lowest BCUT2D eigenvalue weighted by atomic mass is 10.0. The first kappa shape index (κ1) is 16.4. The Bertz CT molecular complexity index is 620. The van der Waals surface area contributed by atoms with Crippen molar-refractivity contribution in [2.75, 3.05) is 19.8 Å². The van der Waals surface area contributed by atoms with Crippen LogP contribution in [0.1, 0.15) is 30.4 Å². The van der Waals surface area contributed by atoms with Gasteiger partial charge in [0.05, 0.1) is 26.4 Å². The number of aliphatic hydroxyl groups excluding tert-OH is 1. The van der Waals surface area contributed by atoms with Gasteiger partial charge in [-0.25, -0.2) is 0 Å². The Hall–Kier alpha value is -1.46. The molecule has 0 saturated carbocycles. The molecule has 0 aliphatic carbocycles. The van der Waals surface area contributed by atoms with Gasteiger partial charge in [-0.3, -0.25) is 0 Å². The molecule has 1 unspecified atom stereocenters. The zero-order chi connectivity index (χ0) is 15.9. The zero-order valence-corrected chi connectivity index (χ0v) is 13.4. The number of ether oxygens (including phenoxy) is 3. The summed E-state index contributed by atoms with van der Waals surface area (Å²) in [6.07, 6.45) is 3.25. The van der Waals surface area contributed by atoms with E-state index in [4.69, 9.17) is 14.2 Å². The first-order valence-corrected chi connectivity index (χ1v) is 8.28. The third-order valence-corrected chi connectivity index (χ3v) is 4.09. The minimum absolute atomic E-state index is 0.0510. The largest absolute Gasteiger partial charge is 0.392 e. The normalized spacial score (nSPS) is 18.4. The van der Waals surface area contributed by atoms with Crippen molar-refractivity contribution in [3.05, 3.63) is 47.5 Å². The molecule has 0 bridgehead atoms. The summed E-state index contributed by atoms with van der Waals surface area (Å²) < 4.78 is 16.8. The van der Waals surface area contributed by atoms with E-state index in [-0.39, 0.29) is 12.9 Å². The molecule has 3 rings (SSSR count). The van der Waals surface area contributed by atoms with Crippen LogP contribution in [0.15, 0.2) is 36.4 Å². The maximum absolute atomic E-state index is 9.23. The van der Waals surface area contributed by atoms with Gasteiger partial charge in [0.1, 0.15) is 0 Å². The van der Waals surface area contributed by atoms with E-state index in [0.717, 1.165) is 36.0 Å². The second kappa shape index (κ2) is 8.41. The average molecular weight is 316 g/mol. The molecule has 1 heterocycles. The summed E-state index contributed by atoms with van der Waals surface area (Å²) in [6.45, 7) is 2.56. The maximum atomic E-state index is 9.23. The van der Waals surface area contributed by atoms with Gasteiger partial charge >= 0.3 is 0 Å². The summed E-state index contributed by atoms with van der Waals surface area (Å²) in [5.74, 6) is 0. The van der Waals surface area contributed by atoms with Gasteiger partial charge in [-0.15, -0.1) is 0 Å². The smallest absolute Gasteiger partial charge is 0.157 e. The molecule has 0 spiro atoms. The number of fused-ring (bicyclic) bond motifs is 1. The Morgan fingerprint density at radius 1 is 1.00 bits per heavy atom. The molecule has 1 atom stereocenters. The first-order chi connectivity index (χ1) is 11.3. The molecule has 1 saturated heterocycles. The SMILES string of the molecule is OCc1ccc2ccc(COCCOC3CCCCO3)cc2c1. The molecule has 4 heteroatoms. The molecule has 2 aromatic rings. The van der Waals surface area contributed by atoms with Crippen molar-refractivity contribution < 1.29 is 19.3 Å². The molecule has 1 aliphatic rings. The van der Waals surface area contributed by atoms with E-state index in [1.165, 1.54) is 11.8 Å². The Kier molecular flexibility index (Phi) is 6.00. The van der Waals surface area contributed by atoms with Crippen LogP contribution < -0.4 is 0 Å². The summed E-state index contributed by atoms with van der Waals surface area (Å²) in [6, 6.07) is 12.3. The van der Waals surface area contributed by atoms with E-state index in [0.29, 0.717) is 19.8 Å². The van der Waals surface area contributed by atoms with E-state index < -0.39 is 0 Å². The lowest BCUT2D eigenvalue weighted by Gasteiger charge is -2.22. The van der Waals surface area contributed by atoms with Crippen molar-refractivity contribution in [2.45, 2.75) is 38.8 Å². The lowest BCUT2D eigenvalue weighted by Crippen LogP contribution is -2.23. The third kappa shape index (κ3) is 4.75. The van der Waals surface area contributed by atoms with E-state index in [9.17, 15) is 5.11 Å². The fourth-order valence-electron chi connectivity index (χ4n) is 2.80. The summed E-state index contributed by atoms with van der Waals surface area (Å²) in [5.41, 5.74) is 2.05. The highest BCUT2D eigenvalue weighted by atomic mass is 16.7. The number of rotatable bonds is 7. The van der Waals surface area contributed by atoms with Gasteiger partial charge in [-0.2, -0.15) is 0 Å². The van der Waals surface area contributed by atoms with Gasteiger partial charge in [0.15, 0.2) is 6.29 Å². The van der Waals surface area contributed by atoms with Crippen LogP contribution in [0.2, 0.25) is 0 Å². The fourth-order valence-corrected chi connectivity index (χ4v) is 2.80. The van der Waals surface area contributed by atoms with Crippen LogP contribution in [0.4, 0.5) is 0 Å². The van der Waals surface area contributed by atoms with Gasteiger partial charge < -0.3 is 19.3 Å². The monoisotopic (exact) mass is 316 g/mol. The second-order valence-corrected chi connectivity index (χ2v) is 5.89. The lowest BCUT2D eigenvalue weighted by molar-refractivity contribution is -0.169. The summed E-state index contributed by atoms with van der Waals surface area (Å²) in [7, 11) is 0. The molecule has 23 heavy (non-hydrogen) atoms. The highest BCUT2D eigenvalue weighted by Gasteiger charge is 2.13. The molecule has 124 valence electrons. The van der Waals surface area contributed by atoms with Crippen LogP contribution >= 0.6 is 0 Å². The van der Waals surface area contributed by atoms with E-state index in [1.54, 1.807) is 0 Å². The Morgan fingerprint density at radius 2 is 1.83 bits per heavy atom. The van der Waals surface area contributed by atoms with E-state index >= 15 is 0 Å². The molecule has 2 aromatic carbocycles. The molecular weight excluding hydrogens is 292 g/mol. The van der Waals surface area contributed by atoms with Crippen molar-refractivity contribution in [3.63, 3.8) is 0 Å². The van der Waals surface area contributed by atoms with Gasteiger partial charge in [0, 0.05) is 6.61 Å². The Balaban J connectivity index is 1.45. The number of benzene rings is 2. The number of hydrogen-bond acceptors (Lipinski definition) is 4. The molecule has 1 N–H and O–H groups in total. The summed E-state index contributed by atoms with van der Waals surface area (Å²) in [4.78, 5) is 0. The standard InChI is InChI=1S/C19H24O4/c20-13-15-4-6-17-7-5-16(12-18(17)11-15)14-21-9-10-23-19-3-1-2-8-22-19/h4-7,11-12,19-20H,1-3,8-10,13-14H2. The van der Waals surface area contributed by atoms with Crippen molar-refractivity contribution in [3.8, 4) is 0 Å². The minimum atomic E-state index is -0.0510. The fraction of sp³-hybridized carbons (Fsp3) is 0.474. The van der Waals surface area contributed by atoms with Crippen LogP contribution in [0, 0.1) is 0 Å². The van der Waals surface area contributed by atoms with Gasteiger partial charge in [-0.1, -0.05) is 24.3 Å². The molecule has 0 radical (unpaired) electrons. The molecule has 4 nitrogen and oxygen atoms in total. The number of aliphatic hydroxyl groups is 1. The quantitative estimate of drug-likeness (QED) is 0.796. The van der Waals surface area contributed by atoms with Crippen LogP contribution in [-0.2, 0) is 27.4 Å². The minimum Gasteiger partial charge on any atom is -0.392 e. The summed E-state index contributed by atoms with van der Waals surface area (Å²) in [5, 5.41) is 11.5. The molecule has 1 aliphatic heterocycles. The zero-order valence-electron chi connectivity index (χ0n) is 13.4. The third-order valence-electron chi connectivity index (χ3n) is 4.09. The predicted octanol–water partition coefficient (Wildman–Crippen LogP) is 3.39. The van der Waals surface area contributed by atoms with Crippen molar-refractivity contribution in [1.29, 1.82) is 0 Å². The maximum Gasteiger partial charge on any atom is 0.157 e. The first-order valence-electron chi connectivity index (χ1n) is 8.28. The van der Waals surface area contributed by atoms with Crippen LogP contribution in [-0.4, -0.2) is 31.2 Å². The van der Waals surface area contributed by atoms with Crippen LogP contribution in [0.5, 0.6) is 0 Å². The van der Waals surface area contributed by atoms with Gasteiger partial charge in [0.2, 0.25) is 0 Å². The Morgan fingerprint density at radius 3 is 2.61 bits per heavy atom. The van der Waals surface area contributed by atoms with Crippen molar-refractivity contribution >= 4 is 10.8 Å². The second-order valence-electron chi connectivity index (χ2n) is 5.89. The highest BCUT2D eigenvalue weighted by Crippen LogP contribution is 2.19. The number of hydrogen-bond donors (Lipinski definition) is 1. The Labute approximate surface area is 137 Å². The molecule has 1 fully saturated rings. The average Bonchev–Trinajstić information content (AvgIpc) is 2.61. The summed E-state index contributed by atoms with van der Waals surface area (Å²) >= 11 is 0. The van der Waals surface area contributed by atoms with Crippen molar-refractivity contribution in [1.82, 2.24) is 0 Å².